The van der Waals surface area contributed by atoms with E-state index >= 15 is 0 Å². The van der Waals surface area contributed by atoms with Gasteiger partial charge >= 0.3 is 0 Å². The van der Waals surface area contributed by atoms with Gasteiger partial charge in [-0.2, -0.15) is 0 Å². The predicted octanol–water partition coefficient (Wildman–Crippen LogP) is 2.64. The maximum atomic E-state index is 13.6. The highest BCUT2D eigenvalue weighted by molar-refractivity contribution is 9.10. The van der Waals surface area contributed by atoms with Crippen LogP contribution in [-0.2, 0) is 4.74 Å². The molecule has 0 atom stereocenters. The molecule has 18 heavy (non-hydrogen) atoms. The van der Waals surface area contributed by atoms with E-state index in [0.717, 1.165) is 12.1 Å². The topological polar surface area (TPSA) is 38.3 Å². The Balaban J connectivity index is 2.15. The summed E-state index contributed by atoms with van der Waals surface area (Å²) in [5.41, 5.74) is -0.290. The molecule has 1 aromatic carbocycles. The largest absolute Gasteiger partial charge is 0.381 e. The van der Waals surface area contributed by atoms with Crippen LogP contribution in [0.3, 0.4) is 0 Å². The SMILES string of the molecule is O=C(NC1CCOCC1)c1c(F)ccc(F)c1Br. The van der Waals surface area contributed by atoms with Crippen LogP contribution in [0.25, 0.3) is 0 Å². The number of ether oxygens (including phenoxy) is 1. The van der Waals surface area contributed by atoms with Crippen molar-refractivity contribution in [1.29, 1.82) is 0 Å². The summed E-state index contributed by atoms with van der Waals surface area (Å²) in [6.07, 6.45) is 1.36. The zero-order chi connectivity index (χ0) is 13.1. The van der Waals surface area contributed by atoms with Gasteiger partial charge in [-0.25, -0.2) is 8.78 Å². The maximum Gasteiger partial charge on any atom is 0.255 e. The minimum absolute atomic E-state index is 0.0548. The molecule has 1 aliphatic heterocycles. The van der Waals surface area contributed by atoms with Crippen molar-refractivity contribution in [3.8, 4) is 0 Å². The summed E-state index contributed by atoms with van der Waals surface area (Å²) in [6, 6.07) is 1.87. The fourth-order valence-electron chi connectivity index (χ4n) is 1.83. The van der Waals surface area contributed by atoms with Crippen LogP contribution < -0.4 is 5.32 Å². The van der Waals surface area contributed by atoms with E-state index in [-0.39, 0.29) is 16.1 Å². The Morgan fingerprint density at radius 2 is 1.89 bits per heavy atom. The van der Waals surface area contributed by atoms with E-state index in [1.807, 2.05) is 0 Å². The molecular formula is C12H12BrF2NO2. The van der Waals surface area contributed by atoms with Gasteiger partial charge in [0, 0.05) is 19.3 Å². The number of carbonyl (C=O) groups excluding carboxylic acids is 1. The molecule has 1 aliphatic rings. The van der Waals surface area contributed by atoms with E-state index < -0.39 is 17.5 Å². The zero-order valence-corrected chi connectivity index (χ0v) is 11.1. The van der Waals surface area contributed by atoms with Gasteiger partial charge in [-0.05, 0) is 40.9 Å². The number of benzene rings is 1. The molecule has 0 aliphatic carbocycles. The van der Waals surface area contributed by atoms with Crippen LogP contribution in [0.2, 0.25) is 0 Å². The highest BCUT2D eigenvalue weighted by Crippen LogP contribution is 2.23. The summed E-state index contributed by atoms with van der Waals surface area (Å²) >= 11 is 2.90. The van der Waals surface area contributed by atoms with Crippen molar-refractivity contribution in [2.75, 3.05) is 13.2 Å². The van der Waals surface area contributed by atoms with Crippen LogP contribution in [0, 0.1) is 11.6 Å². The van der Waals surface area contributed by atoms with Crippen LogP contribution >= 0.6 is 15.9 Å². The van der Waals surface area contributed by atoms with Crippen molar-refractivity contribution >= 4 is 21.8 Å². The highest BCUT2D eigenvalue weighted by atomic mass is 79.9. The lowest BCUT2D eigenvalue weighted by Crippen LogP contribution is -2.39. The molecule has 1 fully saturated rings. The standard InChI is InChI=1S/C12H12BrF2NO2/c13-11-9(15)2-1-8(14)10(11)12(17)16-7-3-5-18-6-4-7/h1-2,7H,3-6H2,(H,16,17). The number of hydrogen-bond acceptors (Lipinski definition) is 2. The first-order valence-corrected chi connectivity index (χ1v) is 6.41. The average Bonchev–Trinajstić information content (AvgIpc) is 2.36. The van der Waals surface area contributed by atoms with E-state index in [1.165, 1.54) is 0 Å². The minimum Gasteiger partial charge on any atom is -0.381 e. The first-order chi connectivity index (χ1) is 8.59. The van der Waals surface area contributed by atoms with Crippen molar-refractivity contribution in [2.45, 2.75) is 18.9 Å². The molecule has 1 saturated heterocycles. The minimum atomic E-state index is -0.743. The van der Waals surface area contributed by atoms with Gasteiger partial charge in [0.05, 0.1) is 10.0 Å². The summed E-state index contributed by atoms with van der Waals surface area (Å²) in [7, 11) is 0. The molecular weight excluding hydrogens is 308 g/mol. The van der Waals surface area contributed by atoms with E-state index in [1.54, 1.807) is 0 Å². The van der Waals surface area contributed by atoms with E-state index in [9.17, 15) is 13.6 Å². The summed E-state index contributed by atoms with van der Waals surface area (Å²) in [6.45, 7) is 1.13. The van der Waals surface area contributed by atoms with Gasteiger partial charge in [-0.3, -0.25) is 4.79 Å². The van der Waals surface area contributed by atoms with Gasteiger partial charge in [0.2, 0.25) is 0 Å². The molecule has 0 bridgehead atoms. The number of rotatable bonds is 2. The summed E-state index contributed by atoms with van der Waals surface area (Å²) in [4.78, 5) is 11.9. The molecule has 1 N–H and O–H groups in total. The summed E-state index contributed by atoms with van der Waals surface area (Å²) < 4.78 is 31.9. The Labute approximate surface area is 112 Å². The van der Waals surface area contributed by atoms with Gasteiger partial charge in [-0.15, -0.1) is 0 Å². The summed E-state index contributed by atoms with van der Waals surface area (Å²) in [5.74, 6) is -2.01. The molecule has 1 heterocycles. The van der Waals surface area contributed by atoms with Crippen molar-refractivity contribution in [2.24, 2.45) is 0 Å². The Hall–Kier alpha value is -1.01. The lowest BCUT2D eigenvalue weighted by Gasteiger charge is -2.23. The van der Waals surface area contributed by atoms with Gasteiger partial charge < -0.3 is 10.1 Å². The molecule has 0 aromatic heterocycles. The molecule has 6 heteroatoms. The third kappa shape index (κ3) is 2.87. The second-order valence-corrected chi connectivity index (χ2v) is 4.87. The normalized spacial score (nSPS) is 16.6. The number of halogens is 3. The van der Waals surface area contributed by atoms with Crippen molar-refractivity contribution in [1.82, 2.24) is 5.32 Å². The lowest BCUT2D eigenvalue weighted by molar-refractivity contribution is 0.0694. The van der Waals surface area contributed by atoms with Crippen molar-refractivity contribution in [3.63, 3.8) is 0 Å². The van der Waals surface area contributed by atoms with E-state index in [0.29, 0.717) is 26.1 Å². The Kier molecular flexibility index (Phi) is 4.29. The third-order valence-corrected chi connectivity index (χ3v) is 3.60. The Morgan fingerprint density at radius 1 is 1.28 bits per heavy atom. The van der Waals surface area contributed by atoms with E-state index in [4.69, 9.17) is 4.74 Å². The molecule has 0 saturated carbocycles. The predicted molar refractivity (Wildman–Crippen MR) is 65.4 cm³/mol. The van der Waals surface area contributed by atoms with Crippen LogP contribution in [-0.4, -0.2) is 25.2 Å². The van der Waals surface area contributed by atoms with Crippen molar-refractivity contribution in [3.05, 3.63) is 33.8 Å². The van der Waals surface area contributed by atoms with Crippen LogP contribution in [0.4, 0.5) is 8.78 Å². The van der Waals surface area contributed by atoms with Gasteiger partial charge in [-0.1, -0.05) is 0 Å². The molecule has 1 aromatic rings. The molecule has 98 valence electrons. The van der Waals surface area contributed by atoms with Gasteiger partial charge in [0.15, 0.2) is 0 Å². The zero-order valence-electron chi connectivity index (χ0n) is 9.51. The first-order valence-electron chi connectivity index (χ1n) is 5.61. The number of hydrogen-bond donors (Lipinski definition) is 1. The fourth-order valence-corrected chi connectivity index (χ4v) is 2.34. The number of carbonyl (C=O) groups is 1. The number of nitrogens with one attached hydrogen (secondary N) is 1. The highest BCUT2D eigenvalue weighted by Gasteiger charge is 2.22. The molecule has 0 unspecified atom stereocenters. The second kappa shape index (κ2) is 5.75. The fraction of sp³-hybridized carbons (Fsp3) is 0.417. The Bertz CT molecular complexity index is 462. The first kappa shape index (κ1) is 13.4. The van der Waals surface area contributed by atoms with Crippen molar-refractivity contribution < 1.29 is 18.3 Å². The molecule has 1 amide bonds. The van der Waals surface area contributed by atoms with Gasteiger partial charge in [0.25, 0.3) is 5.91 Å². The Morgan fingerprint density at radius 3 is 2.56 bits per heavy atom. The van der Waals surface area contributed by atoms with Gasteiger partial charge in [0.1, 0.15) is 11.6 Å². The maximum absolute atomic E-state index is 13.6. The molecule has 0 spiro atoms. The van der Waals surface area contributed by atoms with Crippen LogP contribution in [0.1, 0.15) is 23.2 Å². The lowest BCUT2D eigenvalue weighted by atomic mass is 10.1. The smallest absolute Gasteiger partial charge is 0.255 e. The van der Waals surface area contributed by atoms with E-state index in [2.05, 4.69) is 21.2 Å². The molecule has 2 rings (SSSR count). The summed E-state index contributed by atoms with van der Waals surface area (Å²) in [5, 5.41) is 2.69. The van der Waals surface area contributed by atoms with Crippen LogP contribution in [0.15, 0.2) is 16.6 Å². The quantitative estimate of drug-likeness (QED) is 0.851. The monoisotopic (exact) mass is 319 g/mol. The second-order valence-electron chi connectivity index (χ2n) is 4.08. The molecule has 0 radical (unpaired) electrons. The average molecular weight is 320 g/mol. The third-order valence-electron chi connectivity index (χ3n) is 2.83. The van der Waals surface area contributed by atoms with Crippen LogP contribution in [0.5, 0.6) is 0 Å². The molecule has 3 nitrogen and oxygen atoms in total. The number of amides is 1.